The molecule has 1 amide bonds. The molecular formula is C78H149NO5. The number of nitrogens with one attached hydrogen (secondary N) is 1. The molecule has 3 N–H and O–H groups in total. The molecule has 0 saturated heterocycles. The van der Waals surface area contributed by atoms with Gasteiger partial charge in [0.25, 0.3) is 0 Å². The number of unbranched alkanes of at least 4 members (excludes halogenated alkanes) is 57. The zero-order chi connectivity index (χ0) is 60.6. The van der Waals surface area contributed by atoms with Gasteiger partial charge >= 0.3 is 5.97 Å². The highest BCUT2D eigenvalue weighted by molar-refractivity contribution is 5.76. The minimum atomic E-state index is -0.843. The molecule has 0 spiro atoms. The third-order valence-electron chi connectivity index (χ3n) is 17.9. The zero-order valence-electron chi connectivity index (χ0n) is 56.9. The Morgan fingerprint density at radius 2 is 0.560 bits per heavy atom. The van der Waals surface area contributed by atoms with Crippen molar-refractivity contribution in [3.8, 4) is 0 Å². The Labute approximate surface area is 525 Å². The van der Waals surface area contributed by atoms with E-state index in [2.05, 4.69) is 43.5 Å². The quantitative estimate of drug-likeness (QED) is 0.0320. The molecule has 84 heavy (non-hydrogen) atoms. The van der Waals surface area contributed by atoms with Gasteiger partial charge in [0.1, 0.15) is 0 Å². The number of aliphatic hydroxyl groups excluding tert-OH is 2. The summed E-state index contributed by atoms with van der Waals surface area (Å²) in [5, 5.41) is 23.2. The van der Waals surface area contributed by atoms with Crippen molar-refractivity contribution in [1.29, 1.82) is 0 Å². The van der Waals surface area contributed by atoms with Crippen molar-refractivity contribution >= 4 is 11.9 Å². The fourth-order valence-corrected chi connectivity index (χ4v) is 12.0. The number of aliphatic hydroxyl groups is 2. The first-order valence-corrected chi connectivity index (χ1v) is 38.3. The van der Waals surface area contributed by atoms with Crippen molar-refractivity contribution in [3.63, 3.8) is 0 Å². The third kappa shape index (κ3) is 69.2. The van der Waals surface area contributed by atoms with Crippen LogP contribution in [0.3, 0.4) is 0 Å². The molecule has 0 aromatic carbocycles. The van der Waals surface area contributed by atoms with E-state index in [1.54, 1.807) is 6.08 Å². The van der Waals surface area contributed by atoms with Crippen LogP contribution in [-0.4, -0.2) is 47.4 Å². The van der Waals surface area contributed by atoms with E-state index in [0.29, 0.717) is 19.4 Å². The summed E-state index contributed by atoms with van der Waals surface area (Å²) in [6.07, 6.45) is 95.4. The number of hydrogen-bond donors (Lipinski definition) is 3. The van der Waals surface area contributed by atoms with Crippen LogP contribution in [0.15, 0.2) is 36.5 Å². The van der Waals surface area contributed by atoms with Crippen molar-refractivity contribution < 1.29 is 24.5 Å². The zero-order valence-corrected chi connectivity index (χ0v) is 56.9. The number of amides is 1. The van der Waals surface area contributed by atoms with E-state index >= 15 is 0 Å². The maximum atomic E-state index is 12.5. The van der Waals surface area contributed by atoms with Gasteiger partial charge in [0.15, 0.2) is 0 Å². The summed E-state index contributed by atoms with van der Waals surface area (Å²) in [7, 11) is 0. The smallest absolute Gasteiger partial charge is 0.305 e. The SMILES string of the molecule is CCCCCCCCC/C=C\CCCCCCCCCC(=O)OCCCCCCCCCCCCCC/C=C\CCCCCCCCCCCCCCCCCCC(=O)NC(CO)C(O)/C=C/CCCCCCCCCCCCCCCCC. The van der Waals surface area contributed by atoms with Crippen LogP contribution in [0.5, 0.6) is 0 Å². The second-order valence-electron chi connectivity index (χ2n) is 26.3. The molecule has 0 fully saturated rings. The summed E-state index contributed by atoms with van der Waals surface area (Å²) >= 11 is 0. The lowest BCUT2D eigenvalue weighted by atomic mass is 10.0. The molecule has 0 saturated carbocycles. The first-order valence-electron chi connectivity index (χ1n) is 38.3. The average molecular weight is 1180 g/mol. The number of ether oxygens (including phenoxy) is 1. The molecule has 496 valence electrons. The lowest BCUT2D eigenvalue weighted by Gasteiger charge is -2.20. The van der Waals surface area contributed by atoms with Crippen molar-refractivity contribution in [3.05, 3.63) is 36.5 Å². The fourth-order valence-electron chi connectivity index (χ4n) is 12.0. The highest BCUT2D eigenvalue weighted by atomic mass is 16.5. The third-order valence-corrected chi connectivity index (χ3v) is 17.9. The molecular weight excluding hydrogens is 1030 g/mol. The Morgan fingerprint density at radius 3 is 0.845 bits per heavy atom. The molecule has 0 rings (SSSR count). The second-order valence-corrected chi connectivity index (χ2v) is 26.3. The summed E-state index contributed by atoms with van der Waals surface area (Å²) < 4.78 is 5.51. The first kappa shape index (κ1) is 82.1. The van der Waals surface area contributed by atoms with Crippen LogP contribution in [0.1, 0.15) is 425 Å². The van der Waals surface area contributed by atoms with Gasteiger partial charge in [0.2, 0.25) is 5.91 Å². The monoisotopic (exact) mass is 1180 g/mol. The van der Waals surface area contributed by atoms with Crippen LogP contribution >= 0.6 is 0 Å². The Balaban J connectivity index is 3.36. The standard InChI is InChI=1S/C78H149NO5/c1-3-5-7-9-11-13-15-17-19-21-40-44-48-52-56-60-64-68-72-78(83)84-73-69-65-61-57-53-49-45-41-37-35-33-31-29-27-25-23-22-24-26-28-30-32-34-36-39-43-47-51-55-59-63-67-71-77(82)79-75(74-80)76(81)70-66-62-58-54-50-46-42-38-20-18-16-14-12-10-8-6-4-2/h19,21,25,27,66,70,75-76,80-81H,3-18,20,22-24,26,28-65,67-69,71-74H2,1-2H3,(H,79,82)/b21-19-,27-25-,70-66+. The van der Waals surface area contributed by atoms with E-state index in [1.807, 2.05) is 6.08 Å². The Morgan fingerprint density at radius 1 is 0.321 bits per heavy atom. The maximum absolute atomic E-state index is 12.5. The van der Waals surface area contributed by atoms with Crippen LogP contribution in [0.4, 0.5) is 0 Å². The van der Waals surface area contributed by atoms with E-state index in [4.69, 9.17) is 4.74 Å². The molecule has 0 aliphatic rings. The highest BCUT2D eigenvalue weighted by Gasteiger charge is 2.18. The van der Waals surface area contributed by atoms with Gasteiger partial charge < -0.3 is 20.3 Å². The van der Waals surface area contributed by atoms with Crippen LogP contribution < -0.4 is 5.32 Å². The van der Waals surface area contributed by atoms with Crippen molar-refractivity contribution in [1.82, 2.24) is 5.32 Å². The predicted molar refractivity (Wildman–Crippen MR) is 370 cm³/mol. The fraction of sp³-hybridized carbons (Fsp3) is 0.897. The van der Waals surface area contributed by atoms with E-state index in [-0.39, 0.29) is 18.5 Å². The van der Waals surface area contributed by atoms with E-state index in [1.165, 1.54) is 353 Å². The van der Waals surface area contributed by atoms with E-state index in [0.717, 1.165) is 44.9 Å². The summed E-state index contributed by atoms with van der Waals surface area (Å²) in [6, 6.07) is -0.626. The molecule has 6 heteroatoms. The minimum absolute atomic E-state index is 0.0157. The van der Waals surface area contributed by atoms with Crippen molar-refractivity contribution in [2.45, 2.75) is 437 Å². The lowest BCUT2D eigenvalue weighted by Crippen LogP contribution is -2.45. The lowest BCUT2D eigenvalue weighted by molar-refractivity contribution is -0.143. The summed E-state index contributed by atoms with van der Waals surface area (Å²) in [5.74, 6) is -0.0465. The Bertz CT molecular complexity index is 1360. The number of allylic oxidation sites excluding steroid dienone is 5. The first-order chi connectivity index (χ1) is 41.5. The number of carbonyl (C=O) groups excluding carboxylic acids is 2. The normalized spacial score (nSPS) is 12.7. The Kier molecular flexibility index (Phi) is 71.9. The molecule has 0 aliphatic heterocycles. The average Bonchev–Trinajstić information content (AvgIpc) is 3.51. The van der Waals surface area contributed by atoms with Gasteiger partial charge in [-0.25, -0.2) is 0 Å². The van der Waals surface area contributed by atoms with Crippen LogP contribution in [0, 0.1) is 0 Å². The summed E-state index contributed by atoms with van der Waals surface area (Å²) in [4.78, 5) is 24.6. The van der Waals surface area contributed by atoms with Crippen molar-refractivity contribution in [2.24, 2.45) is 0 Å². The van der Waals surface area contributed by atoms with E-state index < -0.39 is 12.1 Å². The number of rotatable bonds is 72. The molecule has 6 nitrogen and oxygen atoms in total. The molecule has 2 unspecified atom stereocenters. The number of esters is 1. The van der Waals surface area contributed by atoms with Gasteiger partial charge in [-0.3, -0.25) is 9.59 Å². The van der Waals surface area contributed by atoms with Gasteiger partial charge in [0.05, 0.1) is 25.4 Å². The number of carbonyl (C=O) groups is 2. The van der Waals surface area contributed by atoms with Crippen molar-refractivity contribution in [2.75, 3.05) is 13.2 Å². The number of hydrogen-bond acceptors (Lipinski definition) is 5. The van der Waals surface area contributed by atoms with Gasteiger partial charge in [-0.1, -0.05) is 365 Å². The molecule has 0 radical (unpaired) electrons. The van der Waals surface area contributed by atoms with Gasteiger partial charge in [0, 0.05) is 12.8 Å². The topological polar surface area (TPSA) is 95.9 Å². The Hall–Kier alpha value is -1.92. The van der Waals surface area contributed by atoms with E-state index in [9.17, 15) is 19.8 Å². The molecule has 0 aromatic rings. The van der Waals surface area contributed by atoms with Crippen LogP contribution in [0.2, 0.25) is 0 Å². The second kappa shape index (κ2) is 73.5. The van der Waals surface area contributed by atoms with Crippen LogP contribution in [-0.2, 0) is 14.3 Å². The molecule has 0 heterocycles. The summed E-state index contributed by atoms with van der Waals surface area (Å²) in [5.41, 5.74) is 0. The van der Waals surface area contributed by atoms with Crippen LogP contribution in [0.25, 0.3) is 0 Å². The minimum Gasteiger partial charge on any atom is -0.466 e. The molecule has 2 atom stereocenters. The molecule has 0 aliphatic carbocycles. The molecule has 0 bridgehead atoms. The largest absolute Gasteiger partial charge is 0.466 e. The van der Waals surface area contributed by atoms with Gasteiger partial charge in [-0.15, -0.1) is 0 Å². The van der Waals surface area contributed by atoms with Gasteiger partial charge in [-0.2, -0.15) is 0 Å². The van der Waals surface area contributed by atoms with Gasteiger partial charge in [-0.05, 0) is 83.5 Å². The predicted octanol–water partition coefficient (Wildman–Crippen LogP) is 25.0. The molecule has 0 aromatic heterocycles. The summed E-state index contributed by atoms with van der Waals surface area (Å²) in [6.45, 7) is 4.94. The maximum Gasteiger partial charge on any atom is 0.305 e. The highest BCUT2D eigenvalue weighted by Crippen LogP contribution is 2.19.